The molecule has 0 amide bonds. The molecule has 4 heteroatoms. The van der Waals surface area contributed by atoms with Crippen molar-refractivity contribution in [1.29, 1.82) is 0 Å². The molecular weight excluding hydrogens is 264 g/mol. The van der Waals surface area contributed by atoms with Crippen LogP contribution in [0.2, 0.25) is 0 Å². The quantitative estimate of drug-likeness (QED) is 0.784. The number of hydrogen-bond donors (Lipinski definition) is 1. The highest BCUT2D eigenvalue weighted by molar-refractivity contribution is 5.40. The summed E-state index contributed by atoms with van der Waals surface area (Å²) in [6.45, 7) is 6.50. The van der Waals surface area contributed by atoms with Crippen LogP contribution in [0.25, 0.3) is 0 Å². The van der Waals surface area contributed by atoms with E-state index in [1.54, 1.807) is 7.11 Å². The molecule has 0 aromatic carbocycles. The van der Waals surface area contributed by atoms with Crippen molar-refractivity contribution in [1.82, 2.24) is 10.3 Å². The first kappa shape index (κ1) is 16.2. The normalized spacial score (nSPS) is 16.1. The van der Waals surface area contributed by atoms with E-state index in [1.165, 1.54) is 32.1 Å². The molecule has 1 aromatic heterocycles. The van der Waals surface area contributed by atoms with Gasteiger partial charge in [-0.1, -0.05) is 19.3 Å². The number of aromatic nitrogens is 1. The van der Waals surface area contributed by atoms with Gasteiger partial charge in [0.2, 0.25) is 0 Å². The van der Waals surface area contributed by atoms with Crippen LogP contribution in [0.1, 0.15) is 48.9 Å². The van der Waals surface area contributed by atoms with E-state index >= 15 is 0 Å². The van der Waals surface area contributed by atoms with Gasteiger partial charge in [-0.15, -0.1) is 0 Å². The third kappa shape index (κ3) is 4.68. The van der Waals surface area contributed by atoms with Crippen molar-refractivity contribution >= 4 is 0 Å². The molecule has 1 fully saturated rings. The van der Waals surface area contributed by atoms with Gasteiger partial charge < -0.3 is 14.8 Å². The Morgan fingerprint density at radius 1 is 1.24 bits per heavy atom. The lowest BCUT2D eigenvalue weighted by Gasteiger charge is -2.22. The van der Waals surface area contributed by atoms with Crippen LogP contribution in [-0.4, -0.2) is 31.3 Å². The Morgan fingerprint density at radius 3 is 2.71 bits per heavy atom. The van der Waals surface area contributed by atoms with E-state index in [0.29, 0.717) is 6.10 Å². The first-order valence-electron chi connectivity index (χ1n) is 8.03. The second-order valence-electron chi connectivity index (χ2n) is 5.85. The zero-order valence-electron chi connectivity index (χ0n) is 13.6. The minimum absolute atomic E-state index is 0.486. The fraction of sp³-hybridized carbons (Fsp3) is 0.706. The highest BCUT2D eigenvalue weighted by Gasteiger charge is 2.13. The monoisotopic (exact) mass is 292 g/mol. The topological polar surface area (TPSA) is 43.4 Å². The largest absolute Gasteiger partial charge is 0.496 e. The van der Waals surface area contributed by atoms with Gasteiger partial charge in [-0.05, 0) is 26.7 Å². The van der Waals surface area contributed by atoms with Crippen molar-refractivity contribution in [2.75, 3.05) is 20.3 Å². The van der Waals surface area contributed by atoms with Gasteiger partial charge in [-0.25, -0.2) is 0 Å². The number of aryl methyl sites for hydroxylation is 1. The maximum absolute atomic E-state index is 5.91. The average molecular weight is 292 g/mol. The molecule has 1 N–H and O–H groups in total. The maximum Gasteiger partial charge on any atom is 0.128 e. The van der Waals surface area contributed by atoms with Gasteiger partial charge in [0.15, 0.2) is 0 Å². The third-order valence-electron chi connectivity index (χ3n) is 4.23. The Hall–Kier alpha value is -1.13. The number of rotatable bonds is 7. The fourth-order valence-corrected chi connectivity index (χ4v) is 2.99. The van der Waals surface area contributed by atoms with Crippen molar-refractivity contribution in [3.05, 3.63) is 23.0 Å². The first-order chi connectivity index (χ1) is 10.2. The van der Waals surface area contributed by atoms with Gasteiger partial charge in [0.05, 0.1) is 25.5 Å². The Balaban J connectivity index is 1.71. The van der Waals surface area contributed by atoms with Gasteiger partial charge in [0.1, 0.15) is 5.75 Å². The lowest BCUT2D eigenvalue weighted by Crippen LogP contribution is -2.25. The molecule has 1 aliphatic rings. The summed E-state index contributed by atoms with van der Waals surface area (Å²) in [5.74, 6) is 0.945. The zero-order valence-corrected chi connectivity index (χ0v) is 13.6. The average Bonchev–Trinajstić information content (AvgIpc) is 2.50. The van der Waals surface area contributed by atoms with Gasteiger partial charge in [-0.3, -0.25) is 4.98 Å². The smallest absolute Gasteiger partial charge is 0.128 e. The molecule has 21 heavy (non-hydrogen) atoms. The molecule has 0 spiro atoms. The summed E-state index contributed by atoms with van der Waals surface area (Å²) in [5, 5.41) is 3.41. The summed E-state index contributed by atoms with van der Waals surface area (Å²) in [6, 6.07) is 0. The van der Waals surface area contributed by atoms with E-state index < -0.39 is 0 Å². The Morgan fingerprint density at radius 2 is 2.00 bits per heavy atom. The summed E-state index contributed by atoms with van der Waals surface area (Å²) < 4.78 is 11.3. The molecule has 4 nitrogen and oxygen atoms in total. The van der Waals surface area contributed by atoms with Crippen LogP contribution < -0.4 is 10.1 Å². The molecule has 0 atom stereocenters. The standard InChI is InChI=1S/C17H28N2O2/c1-13-11-19-16(14(2)17(13)20-3)12-18-9-10-21-15-7-5-4-6-8-15/h11,15,18H,4-10,12H2,1-3H3. The second kappa shape index (κ2) is 8.35. The lowest BCUT2D eigenvalue weighted by atomic mass is 9.98. The van der Waals surface area contributed by atoms with Gasteiger partial charge in [-0.2, -0.15) is 0 Å². The molecule has 0 unspecified atom stereocenters. The second-order valence-corrected chi connectivity index (χ2v) is 5.85. The summed E-state index contributed by atoms with van der Waals surface area (Å²) in [6.07, 6.45) is 8.85. The van der Waals surface area contributed by atoms with Crippen LogP contribution >= 0.6 is 0 Å². The number of methoxy groups -OCH3 is 1. The molecule has 118 valence electrons. The third-order valence-corrected chi connectivity index (χ3v) is 4.23. The molecule has 0 radical (unpaired) electrons. The lowest BCUT2D eigenvalue weighted by molar-refractivity contribution is 0.0302. The van der Waals surface area contributed by atoms with E-state index in [0.717, 1.165) is 42.3 Å². The maximum atomic E-state index is 5.91. The van der Waals surface area contributed by atoms with Gasteiger partial charge >= 0.3 is 0 Å². The van der Waals surface area contributed by atoms with E-state index in [9.17, 15) is 0 Å². The first-order valence-corrected chi connectivity index (χ1v) is 8.03. The van der Waals surface area contributed by atoms with Crippen LogP contribution in [0.3, 0.4) is 0 Å². The highest BCUT2D eigenvalue weighted by atomic mass is 16.5. The van der Waals surface area contributed by atoms with Crippen molar-refractivity contribution in [3.63, 3.8) is 0 Å². The predicted molar refractivity (Wildman–Crippen MR) is 84.8 cm³/mol. The van der Waals surface area contributed by atoms with Crippen LogP contribution in [0.4, 0.5) is 0 Å². The molecule has 1 saturated carbocycles. The number of pyridine rings is 1. The van der Waals surface area contributed by atoms with Crippen molar-refractivity contribution in [2.45, 2.75) is 58.6 Å². The molecule has 1 heterocycles. The Labute approximate surface area is 128 Å². The van der Waals surface area contributed by atoms with E-state index in [-0.39, 0.29) is 0 Å². The van der Waals surface area contributed by atoms with Gasteiger partial charge in [0, 0.05) is 30.4 Å². The van der Waals surface area contributed by atoms with Crippen LogP contribution in [0, 0.1) is 13.8 Å². The number of nitrogens with one attached hydrogen (secondary N) is 1. The SMILES string of the molecule is COc1c(C)cnc(CNCCOC2CCCCC2)c1C. The molecule has 1 aromatic rings. The Kier molecular flexibility index (Phi) is 6.46. The molecule has 0 bridgehead atoms. The van der Waals surface area contributed by atoms with E-state index in [1.807, 2.05) is 13.1 Å². The van der Waals surface area contributed by atoms with Crippen molar-refractivity contribution in [2.24, 2.45) is 0 Å². The van der Waals surface area contributed by atoms with Crippen molar-refractivity contribution in [3.8, 4) is 5.75 Å². The summed E-state index contributed by atoms with van der Waals surface area (Å²) in [7, 11) is 1.71. The molecule has 1 aliphatic carbocycles. The van der Waals surface area contributed by atoms with E-state index in [4.69, 9.17) is 9.47 Å². The highest BCUT2D eigenvalue weighted by Crippen LogP contribution is 2.23. The minimum Gasteiger partial charge on any atom is -0.496 e. The minimum atomic E-state index is 0.486. The number of nitrogens with zero attached hydrogens (tertiary/aromatic N) is 1. The molecule has 0 saturated heterocycles. The van der Waals surface area contributed by atoms with Crippen LogP contribution in [-0.2, 0) is 11.3 Å². The zero-order chi connectivity index (χ0) is 15.1. The molecule has 2 rings (SSSR count). The summed E-state index contributed by atoms with van der Waals surface area (Å²) >= 11 is 0. The number of ether oxygens (including phenoxy) is 2. The summed E-state index contributed by atoms with van der Waals surface area (Å²) in [5.41, 5.74) is 3.26. The molecule has 0 aliphatic heterocycles. The fourth-order valence-electron chi connectivity index (χ4n) is 2.99. The molecular formula is C17H28N2O2. The summed E-state index contributed by atoms with van der Waals surface area (Å²) in [4.78, 5) is 4.49. The van der Waals surface area contributed by atoms with Crippen molar-refractivity contribution < 1.29 is 9.47 Å². The number of hydrogen-bond acceptors (Lipinski definition) is 4. The van der Waals surface area contributed by atoms with Crippen LogP contribution in [0.15, 0.2) is 6.20 Å². The van der Waals surface area contributed by atoms with E-state index in [2.05, 4.69) is 17.2 Å². The van der Waals surface area contributed by atoms with Crippen LogP contribution in [0.5, 0.6) is 5.75 Å². The Bertz CT molecular complexity index is 443. The van der Waals surface area contributed by atoms with Gasteiger partial charge in [0.25, 0.3) is 0 Å². The predicted octanol–water partition coefficient (Wildman–Crippen LogP) is 3.15.